The maximum atomic E-state index is 12.7. The number of methoxy groups -OCH3 is 1. The molecule has 0 saturated carbocycles. The lowest BCUT2D eigenvalue weighted by Crippen LogP contribution is -2.42. The Morgan fingerprint density at radius 1 is 1.23 bits per heavy atom. The van der Waals surface area contributed by atoms with Gasteiger partial charge in [-0.05, 0) is 55.6 Å². The number of benzene rings is 1. The number of halogens is 3. The van der Waals surface area contributed by atoms with Crippen LogP contribution in [0.3, 0.4) is 0 Å². The van der Waals surface area contributed by atoms with E-state index in [4.69, 9.17) is 4.74 Å². The first-order valence-corrected chi connectivity index (χ1v) is 10.8. The zero-order chi connectivity index (χ0) is 21.3. The third kappa shape index (κ3) is 7.46. The Balaban J connectivity index is 0.00000341. The number of hydrogen-bond acceptors (Lipinski definition) is 5. The van der Waals surface area contributed by atoms with E-state index in [2.05, 4.69) is 42.8 Å². The molecule has 0 amide bonds. The first kappa shape index (κ1) is 25.6. The quantitative estimate of drug-likeness (QED) is 0.267. The van der Waals surface area contributed by atoms with E-state index >= 15 is 0 Å². The predicted molar refractivity (Wildman–Crippen MR) is 131 cm³/mol. The highest BCUT2D eigenvalue weighted by atomic mass is 127. The maximum absolute atomic E-state index is 12.7. The molecule has 1 aromatic heterocycles. The van der Waals surface area contributed by atoms with Crippen LogP contribution in [0.1, 0.15) is 29.3 Å². The number of likely N-dealkylation sites (tertiary alicyclic amines) is 1. The van der Waals surface area contributed by atoms with Crippen LogP contribution in [0.15, 0.2) is 40.7 Å². The van der Waals surface area contributed by atoms with E-state index in [0.717, 1.165) is 13.1 Å². The Bertz CT molecular complexity index is 818. The second-order valence-corrected chi connectivity index (χ2v) is 7.91. The predicted octanol–water partition coefficient (Wildman–Crippen LogP) is 4.48. The van der Waals surface area contributed by atoms with Crippen molar-refractivity contribution in [2.75, 3.05) is 33.8 Å². The lowest BCUT2D eigenvalue weighted by Gasteiger charge is -2.27. The van der Waals surface area contributed by atoms with E-state index in [9.17, 15) is 8.78 Å². The summed E-state index contributed by atoms with van der Waals surface area (Å²) in [5, 5.41) is 8.66. The molecule has 2 heterocycles. The lowest BCUT2D eigenvalue weighted by atomic mass is 10.2. The van der Waals surface area contributed by atoms with Crippen molar-refractivity contribution in [2.24, 2.45) is 4.99 Å². The molecule has 1 aliphatic rings. The molecule has 0 radical (unpaired) electrons. The van der Waals surface area contributed by atoms with Gasteiger partial charge in [0.15, 0.2) is 5.96 Å². The van der Waals surface area contributed by atoms with Crippen LogP contribution in [0.4, 0.5) is 8.78 Å². The fourth-order valence-electron chi connectivity index (χ4n) is 3.57. The standard InChI is InChI=1S/C21H28F2N4O2S.HI/c1-24-21(25-13-15-12-16(28-2)7-8-18(15)29-20(22)23)26-14-17(19-6-5-11-30-19)27-9-3-4-10-27;/h5-8,11-12,17,20H,3-4,9-10,13-14H2,1-2H3,(H2,24,25,26);1H. The lowest BCUT2D eigenvalue weighted by molar-refractivity contribution is -0.0504. The molecule has 3 rings (SSSR count). The fraction of sp³-hybridized carbons (Fsp3) is 0.476. The van der Waals surface area contributed by atoms with Crippen LogP contribution in [0.2, 0.25) is 0 Å². The zero-order valence-electron chi connectivity index (χ0n) is 17.6. The highest BCUT2D eigenvalue weighted by Gasteiger charge is 2.24. The Morgan fingerprint density at radius 3 is 2.61 bits per heavy atom. The van der Waals surface area contributed by atoms with Gasteiger partial charge in [-0.3, -0.25) is 9.89 Å². The van der Waals surface area contributed by atoms with E-state index in [1.54, 1.807) is 30.5 Å². The summed E-state index contributed by atoms with van der Waals surface area (Å²) in [5.74, 6) is 1.28. The average molecular weight is 566 g/mol. The second-order valence-electron chi connectivity index (χ2n) is 6.93. The molecule has 1 atom stereocenters. The smallest absolute Gasteiger partial charge is 0.387 e. The number of rotatable bonds is 9. The van der Waals surface area contributed by atoms with Crippen molar-refractivity contribution in [3.63, 3.8) is 0 Å². The summed E-state index contributed by atoms with van der Waals surface area (Å²) in [7, 11) is 3.22. The number of hydrogen-bond donors (Lipinski definition) is 2. The van der Waals surface area contributed by atoms with Crippen molar-refractivity contribution < 1.29 is 18.3 Å². The van der Waals surface area contributed by atoms with Gasteiger partial charge in [0.05, 0.1) is 13.2 Å². The summed E-state index contributed by atoms with van der Waals surface area (Å²) in [4.78, 5) is 8.08. The molecule has 172 valence electrons. The van der Waals surface area contributed by atoms with Gasteiger partial charge in [0.2, 0.25) is 0 Å². The van der Waals surface area contributed by atoms with Crippen molar-refractivity contribution in [1.29, 1.82) is 0 Å². The molecule has 2 aromatic rings. The highest BCUT2D eigenvalue weighted by molar-refractivity contribution is 14.0. The molecule has 1 unspecified atom stereocenters. The molecular formula is C21H29F2IN4O2S. The van der Waals surface area contributed by atoms with Crippen LogP contribution >= 0.6 is 35.3 Å². The largest absolute Gasteiger partial charge is 0.497 e. The topological polar surface area (TPSA) is 58.1 Å². The van der Waals surface area contributed by atoms with Crippen molar-refractivity contribution in [3.8, 4) is 11.5 Å². The minimum Gasteiger partial charge on any atom is -0.497 e. The van der Waals surface area contributed by atoms with E-state index in [1.807, 2.05) is 0 Å². The van der Waals surface area contributed by atoms with Crippen LogP contribution in [-0.4, -0.2) is 51.3 Å². The number of guanidine groups is 1. The number of thiophene rings is 1. The van der Waals surface area contributed by atoms with Crippen LogP contribution in [0.5, 0.6) is 11.5 Å². The molecule has 2 N–H and O–H groups in total. The molecule has 31 heavy (non-hydrogen) atoms. The number of nitrogens with one attached hydrogen (secondary N) is 2. The minimum absolute atomic E-state index is 0. The van der Waals surface area contributed by atoms with Crippen LogP contribution in [-0.2, 0) is 6.54 Å². The Morgan fingerprint density at radius 2 is 2.00 bits per heavy atom. The summed E-state index contributed by atoms with van der Waals surface area (Å²) >= 11 is 1.76. The highest BCUT2D eigenvalue weighted by Crippen LogP contribution is 2.28. The van der Waals surface area contributed by atoms with Gasteiger partial charge in [-0.15, -0.1) is 35.3 Å². The van der Waals surface area contributed by atoms with Crippen LogP contribution < -0.4 is 20.1 Å². The zero-order valence-corrected chi connectivity index (χ0v) is 20.8. The summed E-state index contributed by atoms with van der Waals surface area (Å²) in [5.41, 5.74) is 0.562. The SMILES string of the molecule is CN=C(NCc1cc(OC)ccc1OC(F)F)NCC(c1cccs1)N1CCCC1.I. The van der Waals surface area contributed by atoms with Crippen molar-refractivity contribution >= 4 is 41.3 Å². The summed E-state index contributed by atoms with van der Waals surface area (Å²) in [6.45, 7) is 0.273. The van der Waals surface area contributed by atoms with Crippen LogP contribution in [0, 0.1) is 0 Å². The van der Waals surface area contributed by atoms with Gasteiger partial charge >= 0.3 is 6.61 Å². The molecule has 0 spiro atoms. The third-order valence-electron chi connectivity index (χ3n) is 5.07. The summed E-state index contributed by atoms with van der Waals surface area (Å²) < 4.78 is 35.3. The summed E-state index contributed by atoms with van der Waals surface area (Å²) in [6.07, 6.45) is 2.44. The van der Waals surface area contributed by atoms with E-state index in [0.29, 0.717) is 23.8 Å². The first-order valence-electron chi connectivity index (χ1n) is 9.94. The van der Waals surface area contributed by atoms with Gasteiger partial charge in [0, 0.05) is 30.6 Å². The molecule has 1 aliphatic heterocycles. The van der Waals surface area contributed by atoms with E-state index in [1.165, 1.54) is 30.9 Å². The normalized spacial score (nSPS) is 15.5. The van der Waals surface area contributed by atoms with Gasteiger partial charge in [-0.1, -0.05) is 6.07 Å². The molecule has 6 nitrogen and oxygen atoms in total. The Hall–Kier alpha value is -1.66. The number of ether oxygens (including phenoxy) is 2. The van der Waals surface area contributed by atoms with Crippen LogP contribution in [0.25, 0.3) is 0 Å². The van der Waals surface area contributed by atoms with Gasteiger partial charge < -0.3 is 20.1 Å². The van der Waals surface area contributed by atoms with Gasteiger partial charge in [0.1, 0.15) is 11.5 Å². The van der Waals surface area contributed by atoms with Crippen molar-refractivity contribution in [2.45, 2.75) is 32.0 Å². The van der Waals surface area contributed by atoms with Gasteiger partial charge in [-0.25, -0.2) is 0 Å². The minimum atomic E-state index is -2.89. The first-order chi connectivity index (χ1) is 14.6. The number of alkyl halides is 2. The molecule has 0 bridgehead atoms. The van der Waals surface area contributed by atoms with E-state index < -0.39 is 6.61 Å². The van der Waals surface area contributed by atoms with Gasteiger partial charge in [-0.2, -0.15) is 8.78 Å². The third-order valence-corrected chi connectivity index (χ3v) is 6.04. The maximum Gasteiger partial charge on any atom is 0.387 e. The number of nitrogens with zero attached hydrogens (tertiary/aromatic N) is 2. The molecule has 10 heteroatoms. The molecule has 1 fully saturated rings. The molecule has 0 aliphatic carbocycles. The van der Waals surface area contributed by atoms with Crippen molar-refractivity contribution in [1.82, 2.24) is 15.5 Å². The van der Waals surface area contributed by atoms with Gasteiger partial charge in [0.25, 0.3) is 0 Å². The second kappa shape index (κ2) is 13.0. The van der Waals surface area contributed by atoms with Crippen molar-refractivity contribution in [3.05, 3.63) is 46.2 Å². The molecule has 1 aromatic carbocycles. The Kier molecular flexibility index (Phi) is 10.7. The number of aliphatic imine (C=N–C) groups is 1. The average Bonchev–Trinajstić information content (AvgIpc) is 3.46. The summed E-state index contributed by atoms with van der Waals surface area (Å²) in [6, 6.07) is 9.27. The monoisotopic (exact) mass is 566 g/mol. The fourth-order valence-corrected chi connectivity index (χ4v) is 4.43. The molecule has 1 saturated heterocycles. The Labute approximate surface area is 203 Å². The molecular weight excluding hydrogens is 537 g/mol. The van der Waals surface area contributed by atoms with E-state index in [-0.39, 0.29) is 42.3 Å².